The Morgan fingerprint density at radius 3 is 1.93 bits per heavy atom. The van der Waals surface area contributed by atoms with E-state index in [0.29, 0.717) is 0 Å². The smallest absolute Gasteiger partial charge is 0.123 e. The van der Waals surface area contributed by atoms with Crippen molar-refractivity contribution in [2.75, 3.05) is 4.90 Å². The Labute approximate surface area is 184 Å². The van der Waals surface area contributed by atoms with Gasteiger partial charge in [0.05, 0.1) is 0 Å². The zero-order valence-electron chi connectivity index (χ0n) is 16.9. The molecule has 3 heteroatoms. The minimum absolute atomic E-state index is 0.0733. The predicted octanol–water partition coefficient (Wildman–Crippen LogP) is 8.36. The summed E-state index contributed by atoms with van der Waals surface area (Å²) in [6, 6.07) is 30.1. The van der Waals surface area contributed by atoms with Gasteiger partial charge in [-0.2, -0.15) is 0 Å². The molecule has 0 unspecified atom stereocenters. The molecule has 4 aromatic carbocycles. The van der Waals surface area contributed by atoms with Gasteiger partial charge in [0, 0.05) is 26.9 Å². The minimum atomic E-state index is -0.236. The van der Waals surface area contributed by atoms with E-state index >= 15 is 0 Å². The minimum Gasteiger partial charge on any atom is -0.310 e. The van der Waals surface area contributed by atoms with Crippen molar-refractivity contribution in [3.05, 3.63) is 112 Å². The van der Waals surface area contributed by atoms with Crippen LogP contribution in [0.1, 0.15) is 25.0 Å². The molecular weight excluding hydrogens is 437 g/mol. The molecule has 0 aliphatic heterocycles. The van der Waals surface area contributed by atoms with Crippen LogP contribution in [-0.4, -0.2) is 0 Å². The van der Waals surface area contributed by atoms with Crippen molar-refractivity contribution in [1.82, 2.24) is 0 Å². The molecule has 0 bridgehead atoms. The van der Waals surface area contributed by atoms with Crippen LogP contribution >= 0.6 is 15.9 Å². The SMILES string of the molecule is CC1(C)c2ccccc2-c2ccc(N(c3ccc(F)cc3)c3ccc(Br)cc3)cc21. The summed E-state index contributed by atoms with van der Waals surface area (Å²) in [4.78, 5) is 2.17. The number of hydrogen-bond acceptors (Lipinski definition) is 1. The molecule has 0 amide bonds. The highest BCUT2D eigenvalue weighted by molar-refractivity contribution is 9.10. The molecule has 0 radical (unpaired) electrons. The third-order valence-corrected chi connectivity index (χ3v) is 6.52. The van der Waals surface area contributed by atoms with E-state index in [-0.39, 0.29) is 11.2 Å². The van der Waals surface area contributed by atoms with Gasteiger partial charge in [-0.05, 0) is 82.9 Å². The van der Waals surface area contributed by atoms with Crippen LogP contribution < -0.4 is 4.90 Å². The maximum absolute atomic E-state index is 13.6. The van der Waals surface area contributed by atoms with Gasteiger partial charge >= 0.3 is 0 Å². The molecule has 1 aliphatic carbocycles. The highest BCUT2D eigenvalue weighted by Crippen LogP contribution is 2.50. The molecule has 30 heavy (non-hydrogen) atoms. The number of hydrogen-bond donors (Lipinski definition) is 0. The molecule has 4 aromatic rings. The standard InChI is InChI=1S/C27H21BrFN/c1-27(2)25-6-4-3-5-23(25)24-16-15-22(17-26(24)27)30(20-11-7-18(28)8-12-20)21-13-9-19(29)10-14-21/h3-17H,1-2H3. The summed E-state index contributed by atoms with van der Waals surface area (Å²) in [6.07, 6.45) is 0. The normalized spacial score (nSPS) is 13.6. The van der Waals surface area contributed by atoms with Crippen LogP contribution in [0.5, 0.6) is 0 Å². The Morgan fingerprint density at radius 1 is 0.667 bits per heavy atom. The van der Waals surface area contributed by atoms with Crippen LogP contribution in [-0.2, 0) is 5.41 Å². The fraction of sp³-hybridized carbons (Fsp3) is 0.111. The lowest BCUT2D eigenvalue weighted by Gasteiger charge is -2.28. The third-order valence-electron chi connectivity index (χ3n) is 5.99. The Hall–Kier alpha value is -2.91. The lowest BCUT2D eigenvalue weighted by molar-refractivity contribution is 0.628. The van der Waals surface area contributed by atoms with Crippen molar-refractivity contribution in [3.63, 3.8) is 0 Å². The third kappa shape index (κ3) is 3.05. The molecule has 0 spiro atoms. The number of benzene rings is 4. The van der Waals surface area contributed by atoms with Gasteiger partial charge < -0.3 is 4.90 Å². The number of halogens is 2. The Bertz CT molecular complexity index is 1180. The number of nitrogens with zero attached hydrogens (tertiary/aromatic N) is 1. The second-order valence-corrected chi connectivity index (χ2v) is 9.10. The number of rotatable bonds is 3. The van der Waals surface area contributed by atoms with E-state index in [1.165, 1.54) is 34.4 Å². The zero-order valence-corrected chi connectivity index (χ0v) is 18.4. The van der Waals surface area contributed by atoms with E-state index in [9.17, 15) is 4.39 Å². The van der Waals surface area contributed by atoms with Crippen LogP contribution in [0.4, 0.5) is 21.5 Å². The van der Waals surface area contributed by atoms with Crippen molar-refractivity contribution in [3.8, 4) is 11.1 Å². The lowest BCUT2D eigenvalue weighted by Crippen LogP contribution is -2.16. The molecule has 0 saturated carbocycles. The molecule has 1 nitrogen and oxygen atoms in total. The Morgan fingerprint density at radius 2 is 1.23 bits per heavy atom. The highest BCUT2D eigenvalue weighted by atomic mass is 79.9. The summed E-state index contributed by atoms with van der Waals surface area (Å²) in [5.41, 5.74) is 8.19. The average molecular weight is 458 g/mol. The van der Waals surface area contributed by atoms with E-state index in [1.54, 1.807) is 0 Å². The summed E-state index contributed by atoms with van der Waals surface area (Å²) in [7, 11) is 0. The van der Waals surface area contributed by atoms with Crippen molar-refractivity contribution in [2.24, 2.45) is 0 Å². The first-order chi connectivity index (χ1) is 14.4. The van der Waals surface area contributed by atoms with Crippen LogP contribution in [0.2, 0.25) is 0 Å². The van der Waals surface area contributed by atoms with Crippen molar-refractivity contribution in [1.29, 1.82) is 0 Å². The average Bonchev–Trinajstić information content (AvgIpc) is 2.98. The molecule has 0 saturated heterocycles. The summed E-state index contributed by atoms with van der Waals surface area (Å²) in [5.74, 6) is -0.236. The van der Waals surface area contributed by atoms with Gasteiger partial charge in [0.15, 0.2) is 0 Å². The van der Waals surface area contributed by atoms with Gasteiger partial charge in [0.1, 0.15) is 5.82 Å². The van der Waals surface area contributed by atoms with E-state index in [2.05, 4.69) is 89.3 Å². The molecule has 5 rings (SSSR count). The molecular formula is C27H21BrFN. The van der Waals surface area contributed by atoms with E-state index in [0.717, 1.165) is 21.5 Å². The maximum Gasteiger partial charge on any atom is 0.123 e. The van der Waals surface area contributed by atoms with Crippen LogP contribution in [0.25, 0.3) is 11.1 Å². The van der Waals surface area contributed by atoms with E-state index in [1.807, 2.05) is 24.3 Å². The quantitative estimate of drug-likeness (QED) is 0.298. The molecule has 0 fully saturated rings. The van der Waals surface area contributed by atoms with E-state index in [4.69, 9.17) is 0 Å². The van der Waals surface area contributed by atoms with Crippen molar-refractivity contribution >= 4 is 33.0 Å². The number of anilines is 3. The molecule has 0 atom stereocenters. The van der Waals surface area contributed by atoms with Crippen LogP contribution in [0, 0.1) is 5.82 Å². The van der Waals surface area contributed by atoms with Gasteiger partial charge in [0.25, 0.3) is 0 Å². The van der Waals surface area contributed by atoms with Gasteiger partial charge in [-0.1, -0.05) is 60.1 Å². The molecule has 0 heterocycles. The van der Waals surface area contributed by atoms with Crippen LogP contribution in [0.15, 0.2) is 95.5 Å². The fourth-order valence-corrected chi connectivity index (χ4v) is 4.72. The second kappa shape index (κ2) is 7.10. The fourth-order valence-electron chi connectivity index (χ4n) is 4.46. The molecule has 0 aromatic heterocycles. The monoisotopic (exact) mass is 457 g/mol. The lowest BCUT2D eigenvalue weighted by atomic mass is 9.82. The topological polar surface area (TPSA) is 3.24 Å². The first kappa shape index (κ1) is 19.1. The van der Waals surface area contributed by atoms with Gasteiger partial charge in [-0.15, -0.1) is 0 Å². The first-order valence-electron chi connectivity index (χ1n) is 10.0. The molecule has 148 valence electrons. The summed E-state index contributed by atoms with van der Waals surface area (Å²) >= 11 is 3.52. The summed E-state index contributed by atoms with van der Waals surface area (Å²) < 4.78 is 14.6. The van der Waals surface area contributed by atoms with Crippen molar-refractivity contribution in [2.45, 2.75) is 19.3 Å². The van der Waals surface area contributed by atoms with Gasteiger partial charge in [-0.25, -0.2) is 4.39 Å². The van der Waals surface area contributed by atoms with Crippen molar-refractivity contribution < 1.29 is 4.39 Å². The largest absolute Gasteiger partial charge is 0.310 e. The zero-order chi connectivity index (χ0) is 20.9. The Balaban J connectivity index is 1.69. The van der Waals surface area contributed by atoms with Gasteiger partial charge in [-0.3, -0.25) is 0 Å². The highest BCUT2D eigenvalue weighted by Gasteiger charge is 2.35. The summed E-state index contributed by atoms with van der Waals surface area (Å²) in [6.45, 7) is 4.56. The second-order valence-electron chi connectivity index (χ2n) is 8.19. The number of fused-ring (bicyclic) bond motifs is 3. The molecule has 1 aliphatic rings. The van der Waals surface area contributed by atoms with Crippen LogP contribution in [0.3, 0.4) is 0 Å². The molecule has 0 N–H and O–H groups in total. The Kier molecular flexibility index (Phi) is 4.52. The predicted molar refractivity (Wildman–Crippen MR) is 126 cm³/mol. The maximum atomic E-state index is 13.6. The van der Waals surface area contributed by atoms with Gasteiger partial charge in [0.2, 0.25) is 0 Å². The summed E-state index contributed by atoms with van der Waals surface area (Å²) in [5, 5.41) is 0. The van der Waals surface area contributed by atoms with E-state index < -0.39 is 0 Å². The first-order valence-corrected chi connectivity index (χ1v) is 10.8.